The van der Waals surface area contributed by atoms with Crippen LogP contribution in [0, 0.1) is 0 Å². The number of aromatic nitrogens is 3. The molecule has 0 aromatic carbocycles. The summed E-state index contributed by atoms with van der Waals surface area (Å²) in [4.78, 5) is 37.8. The number of ether oxygens (including phenoxy) is 1. The second-order valence-corrected chi connectivity index (χ2v) is 7.56. The van der Waals surface area contributed by atoms with Crippen molar-refractivity contribution in [2.45, 2.75) is 45.3 Å². The number of amides is 2. The fourth-order valence-electron chi connectivity index (χ4n) is 2.89. The largest absolute Gasteiger partial charge is 0.444 e. The molecule has 2 amide bonds. The molecule has 1 fully saturated rings. The van der Waals surface area contributed by atoms with Crippen molar-refractivity contribution in [3.05, 3.63) is 36.3 Å². The Morgan fingerprint density at radius 2 is 2.00 bits per heavy atom. The highest BCUT2D eigenvalue weighted by molar-refractivity contribution is 5.92. The normalized spacial score (nSPS) is 15.4. The molecule has 2 aromatic heterocycles. The first-order valence-electron chi connectivity index (χ1n) is 9.07. The number of nitrogens with zero attached hydrogens (tertiary/aromatic N) is 3. The summed E-state index contributed by atoms with van der Waals surface area (Å²) in [7, 11) is 0. The number of aromatic amines is 1. The van der Waals surface area contributed by atoms with E-state index in [0.717, 1.165) is 0 Å². The molecule has 3 heterocycles. The Kier molecular flexibility index (Phi) is 5.43. The molecular weight excluding hydrogens is 346 g/mol. The Hall–Kier alpha value is -2.90. The van der Waals surface area contributed by atoms with Crippen LogP contribution in [-0.4, -0.2) is 56.6 Å². The van der Waals surface area contributed by atoms with Crippen LogP contribution >= 0.6 is 0 Å². The van der Waals surface area contributed by atoms with E-state index in [4.69, 9.17) is 4.74 Å². The molecule has 27 heavy (non-hydrogen) atoms. The molecule has 0 saturated carbocycles. The number of imidazole rings is 1. The number of nitrogens with one attached hydrogen (secondary N) is 2. The summed E-state index contributed by atoms with van der Waals surface area (Å²) in [6.45, 7) is 6.66. The van der Waals surface area contributed by atoms with Crippen molar-refractivity contribution < 1.29 is 14.3 Å². The van der Waals surface area contributed by atoms with Crippen LogP contribution in [0.2, 0.25) is 0 Å². The van der Waals surface area contributed by atoms with Gasteiger partial charge in [-0.05, 0) is 45.7 Å². The third-order valence-electron chi connectivity index (χ3n) is 4.20. The van der Waals surface area contributed by atoms with E-state index < -0.39 is 5.60 Å². The first-order chi connectivity index (χ1) is 12.8. The fraction of sp³-hybridized carbons (Fsp3) is 0.474. The standard InChI is InChI=1S/C19H25N5O3/c1-19(2,3)27-18(26)24-11-7-13(8-12-24)22-17(25)15-6-4-5-14(23-15)16-20-9-10-21-16/h4-6,9-10,13H,7-8,11-12H2,1-3H3,(H,20,21)(H,22,25). The Labute approximate surface area is 158 Å². The van der Waals surface area contributed by atoms with E-state index in [-0.39, 0.29) is 18.0 Å². The molecule has 1 aliphatic rings. The maximum Gasteiger partial charge on any atom is 0.410 e. The molecule has 2 aromatic rings. The third-order valence-corrected chi connectivity index (χ3v) is 4.20. The van der Waals surface area contributed by atoms with E-state index in [2.05, 4.69) is 20.3 Å². The highest BCUT2D eigenvalue weighted by atomic mass is 16.6. The van der Waals surface area contributed by atoms with Crippen molar-refractivity contribution in [3.8, 4) is 11.5 Å². The zero-order valence-electron chi connectivity index (χ0n) is 15.9. The summed E-state index contributed by atoms with van der Waals surface area (Å²) in [6, 6.07) is 5.27. The zero-order chi connectivity index (χ0) is 19.4. The van der Waals surface area contributed by atoms with Crippen molar-refractivity contribution in [1.82, 2.24) is 25.2 Å². The van der Waals surface area contributed by atoms with Gasteiger partial charge in [0.05, 0.1) is 0 Å². The van der Waals surface area contributed by atoms with Gasteiger partial charge in [0.25, 0.3) is 5.91 Å². The van der Waals surface area contributed by atoms with Crippen LogP contribution < -0.4 is 5.32 Å². The minimum absolute atomic E-state index is 0.00487. The highest BCUT2D eigenvalue weighted by Crippen LogP contribution is 2.16. The van der Waals surface area contributed by atoms with E-state index in [1.165, 1.54) is 0 Å². The van der Waals surface area contributed by atoms with Crippen LogP contribution in [0.1, 0.15) is 44.1 Å². The van der Waals surface area contributed by atoms with Crippen LogP contribution in [0.15, 0.2) is 30.6 Å². The predicted octanol–water partition coefficient (Wildman–Crippen LogP) is 2.60. The molecule has 0 aliphatic carbocycles. The lowest BCUT2D eigenvalue weighted by Crippen LogP contribution is -2.47. The van der Waals surface area contributed by atoms with Gasteiger partial charge < -0.3 is 19.9 Å². The van der Waals surface area contributed by atoms with Gasteiger partial charge in [-0.3, -0.25) is 4.79 Å². The molecule has 2 N–H and O–H groups in total. The number of H-pyrrole nitrogens is 1. The van der Waals surface area contributed by atoms with Crippen LogP contribution in [0.3, 0.4) is 0 Å². The van der Waals surface area contributed by atoms with Gasteiger partial charge in [0.2, 0.25) is 0 Å². The Morgan fingerprint density at radius 1 is 1.26 bits per heavy atom. The van der Waals surface area contributed by atoms with Crippen LogP contribution in [0.4, 0.5) is 4.79 Å². The fourth-order valence-corrected chi connectivity index (χ4v) is 2.89. The van der Waals surface area contributed by atoms with Gasteiger partial charge in [-0.2, -0.15) is 0 Å². The van der Waals surface area contributed by atoms with Crippen molar-refractivity contribution in [3.63, 3.8) is 0 Å². The average molecular weight is 371 g/mol. The first kappa shape index (κ1) is 18.9. The van der Waals surface area contributed by atoms with Crippen molar-refractivity contribution in [2.75, 3.05) is 13.1 Å². The lowest BCUT2D eigenvalue weighted by molar-refractivity contribution is 0.0199. The number of rotatable bonds is 3. The van der Waals surface area contributed by atoms with Crippen LogP contribution in [0.5, 0.6) is 0 Å². The number of hydrogen-bond acceptors (Lipinski definition) is 5. The number of pyridine rings is 1. The van der Waals surface area contributed by atoms with E-state index in [1.54, 1.807) is 35.5 Å². The maximum absolute atomic E-state index is 12.5. The SMILES string of the molecule is CC(C)(C)OC(=O)N1CCC(NC(=O)c2cccc(-c3ncc[nH]3)n2)CC1. The van der Waals surface area contributed by atoms with Gasteiger partial charge in [0, 0.05) is 31.5 Å². The summed E-state index contributed by atoms with van der Waals surface area (Å²) in [6.07, 6.45) is 4.41. The van der Waals surface area contributed by atoms with Gasteiger partial charge in [-0.1, -0.05) is 6.07 Å². The number of carbonyl (C=O) groups is 2. The predicted molar refractivity (Wildman–Crippen MR) is 100 cm³/mol. The molecule has 144 valence electrons. The minimum atomic E-state index is -0.507. The summed E-state index contributed by atoms with van der Waals surface area (Å²) < 4.78 is 5.39. The molecular formula is C19H25N5O3. The Morgan fingerprint density at radius 3 is 2.63 bits per heavy atom. The summed E-state index contributed by atoms with van der Waals surface area (Å²) in [5, 5.41) is 3.00. The van der Waals surface area contributed by atoms with E-state index in [1.807, 2.05) is 20.8 Å². The van der Waals surface area contributed by atoms with Crippen molar-refractivity contribution in [2.24, 2.45) is 0 Å². The molecule has 3 rings (SSSR count). The third kappa shape index (κ3) is 5.06. The van der Waals surface area contributed by atoms with Crippen molar-refractivity contribution >= 4 is 12.0 Å². The monoisotopic (exact) mass is 371 g/mol. The Balaban J connectivity index is 1.54. The van der Waals surface area contributed by atoms with Crippen LogP contribution in [0.25, 0.3) is 11.5 Å². The molecule has 1 aliphatic heterocycles. The average Bonchev–Trinajstić information content (AvgIpc) is 3.15. The van der Waals surface area contributed by atoms with E-state index in [9.17, 15) is 9.59 Å². The topological polar surface area (TPSA) is 100 Å². The van der Waals surface area contributed by atoms with Gasteiger partial charge in [-0.25, -0.2) is 14.8 Å². The number of hydrogen-bond donors (Lipinski definition) is 2. The lowest BCUT2D eigenvalue weighted by atomic mass is 10.1. The second kappa shape index (κ2) is 7.77. The zero-order valence-corrected chi connectivity index (χ0v) is 15.9. The Bertz CT molecular complexity index is 790. The van der Waals surface area contributed by atoms with E-state index in [0.29, 0.717) is 43.1 Å². The van der Waals surface area contributed by atoms with E-state index >= 15 is 0 Å². The van der Waals surface area contributed by atoms with Gasteiger partial charge in [-0.15, -0.1) is 0 Å². The lowest BCUT2D eigenvalue weighted by Gasteiger charge is -2.33. The molecule has 8 nitrogen and oxygen atoms in total. The van der Waals surface area contributed by atoms with Crippen molar-refractivity contribution in [1.29, 1.82) is 0 Å². The van der Waals surface area contributed by atoms with Gasteiger partial charge in [0.15, 0.2) is 5.82 Å². The summed E-state index contributed by atoms with van der Waals surface area (Å²) in [5.74, 6) is 0.398. The quantitative estimate of drug-likeness (QED) is 0.864. The molecule has 0 radical (unpaired) electrons. The molecule has 0 bridgehead atoms. The maximum atomic E-state index is 12.5. The highest BCUT2D eigenvalue weighted by Gasteiger charge is 2.27. The minimum Gasteiger partial charge on any atom is -0.444 e. The van der Waals surface area contributed by atoms with Crippen LogP contribution in [-0.2, 0) is 4.74 Å². The number of likely N-dealkylation sites (tertiary alicyclic amines) is 1. The smallest absolute Gasteiger partial charge is 0.410 e. The van der Waals surface area contributed by atoms with Gasteiger partial charge >= 0.3 is 6.09 Å². The number of carbonyl (C=O) groups excluding carboxylic acids is 2. The molecule has 1 saturated heterocycles. The molecule has 0 unspecified atom stereocenters. The summed E-state index contributed by atoms with van der Waals surface area (Å²) in [5.41, 5.74) is 0.457. The second-order valence-electron chi connectivity index (χ2n) is 7.56. The molecule has 0 atom stereocenters. The number of piperidine rings is 1. The molecule has 8 heteroatoms. The first-order valence-corrected chi connectivity index (χ1v) is 9.07. The van der Waals surface area contributed by atoms with Gasteiger partial charge in [0.1, 0.15) is 17.0 Å². The summed E-state index contributed by atoms with van der Waals surface area (Å²) >= 11 is 0. The molecule has 0 spiro atoms.